The third kappa shape index (κ3) is 2.08. The van der Waals surface area contributed by atoms with Crippen molar-refractivity contribution >= 4 is 0 Å². The quantitative estimate of drug-likeness (QED) is 0.858. The monoisotopic (exact) mass is 281 g/mol. The minimum Gasteiger partial charge on any atom is -0.310 e. The lowest BCUT2D eigenvalue weighted by molar-refractivity contribution is 0.208. The van der Waals surface area contributed by atoms with E-state index in [1.54, 1.807) is 17.5 Å². The van der Waals surface area contributed by atoms with E-state index in [9.17, 15) is 0 Å². The molecule has 1 heteroatoms. The van der Waals surface area contributed by atoms with E-state index in [1.165, 1.54) is 38.5 Å². The van der Waals surface area contributed by atoms with E-state index < -0.39 is 0 Å². The SMILES string of the molecule is c1ccc(C2CC2)c(CNC2CC3CC2C2CCCC32)c1. The van der Waals surface area contributed by atoms with E-state index in [0.717, 1.165) is 42.2 Å². The van der Waals surface area contributed by atoms with Crippen LogP contribution in [0.5, 0.6) is 0 Å². The Balaban J connectivity index is 1.27. The smallest absolute Gasteiger partial charge is 0.0211 e. The van der Waals surface area contributed by atoms with E-state index >= 15 is 0 Å². The zero-order chi connectivity index (χ0) is 13.8. The number of hydrogen-bond acceptors (Lipinski definition) is 1. The van der Waals surface area contributed by atoms with Gasteiger partial charge < -0.3 is 5.32 Å². The standard InChI is InChI=1S/C20H27N/c1-2-5-16(13-8-9-13)14(4-1)12-21-20-11-15-10-19(20)18-7-3-6-17(15)18/h1-2,4-5,13,15,17-21H,3,6-12H2. The first-order valence-electron chi connectivity index (χ1n) is 9.21. The molecule has 1 N–H and O–H groups in total. The maximum absolute atomic E-state index is 3.96. The summed E-state index contributed by atoms with van der Waals surface area (Å²) in [6.07, 6.45) is 10.4. The summed E-state index contributed by atoms with van der Waals surface area (Å²) in [5.41, 5.74) is 3.21. The van der Waals surface area contributed by atoms with Crippen LogP contribution >= 0.6 is 0 Å². The van der Waals surface area contributed by atoms with Gasteiger partial charge in [0.15, 0.2) is 0 Å². The Hall–Kier alpha value is -0.820. The van der Waals surface area contributed by atoms with Crippen molar-refractivity contribution in [2.24, 2.45) is 23.7 Å². The molecule has 0 aromatic heterocycles. The van der Waals surface area contributed by atoms with E-state index in [0.29, 0.717) is 0 Å². The van der Waals surface area contributed by atoms with Crippen LogP contribution in [0.1, 0.15) is 62.0 Å². The van der Waals surface area contributed by atoms with Gasteiger partial charge in [-0.3, -0.25) is 0 Å². The van der Waals surface area contributed by atoms with E-state index in [1.807, 2.05) is 0 Å². The molecule has 21 heavy (non-hydrogen) atoms. The fourth-order valence-corrected chi connectivity index (χ4v) is 6.03. The van der Waals surface area contributed by atoms with Crippen LogP contribution in [0.3, 0.4) is 0 Å². The first kappa shape index (κ1) is 12.7. The molecule has 112 valence electrons. The van der Waals surface area contributed by atoms with Gasteiger partial charge >= 0.3 is 0 Å². The van der Waals surface area contributed by atoms with Gasteiger partial charge in [0.1, 0.15) is 0 Å². The molecular formula is C20H27N. The van der Waals surface area contributed by atoms with Gasteiger partial charge in [0, 0.05) is 12.6 Å². The summed E-state index contributed by atoms with van der Waals surface area (Å²) in [5, 5.41) is 3.96. The Morgan fingerprint density at radius 1 is 0.905 bits per heavy atom. The van der Waals surface area contributed by atoms with Crippen molar-refractivity contribution in [2.45, 2.75) is 63.5 Å². The number of benzene rings is 1. The summed E-state index contributed by atoms with van der Waals surface area (Å²) in [4.78, 5) is 0. The second-order valence-corrected chi connectivity index (χ2v) is 8.11. The molecule has 5 rings (SSSR count). The topological polar surface area (TPSA) is 12.0 Å². The summed E-state index contributed by atoms with van der Waals surface area (Å²) in [6.45, 7) is 1.11. The second kappa shape index (κ2) is 4.84. The molecule has 4 aliphatic rings. The molecule has 5 unspecified atom stereocenters. The van der Waals surface area contributed by atoms with Crippen LogP contribution in [0.25, 0.3) is 0 Å². The van der Waals surface area contributed by atoms with Gasteiger partial charge in [0.05, 0.1) is 0 Å². The van der Waals surface area contributed by atoms with Gasteiger partial charge in [-0.2, -0.15) is 0 Å². The molecule has 0 spiro atoms. The highest BCUT2D eigenvalue weighted by Crippen LogP contribution is 2.58. The van der Waals surface area contributed by atoms with Crippen LogP contribution in [-0.2, 0) is 6.54 Å². The van der Waals surface area contributed by atoms with E-state index in [2.05, 4.69) is 29.6 Å². The fraction of sp³-hybridized carbons (Fsp3) is 0.700. The average Bonchev–Trinajstić information content (AvgIpc) is 2.96. The molecule has 1 aromatic rings. The first-order chi connectivity index (χ1) is 10.4. The Morgan fingerprint density at radius 3 is 2.67 bits per heavy atom. The highest BCUT2D eigenvalue weighted by Gasteiger charge is 2.53. The Bertz CT molecular complexity index is 532. The van der Waals surface area contributed by atoms with Gasteiger partial charge in [-0.15, -0.1) is 0 Å². The van der Waals surface area contributed by atoms with Crippen LogP contribution in [-0.4, -0.2) is 6.04 Å². The number of rotatable bonds is 4. The van der Waals surface area contributed by atoms with Crippen molar-refractivity contribution in [3.05, 3.63) is 35.4 Å². The van der Waals surface area contributed by atoms with Gasteiger partial charge in [-0.25, -0.2) is 0 Å². The molecule has 4 fully saturated rings. The Kier molecular flexibility index (Phi) is 2.93. The zero-order valence-electron chi connectivity index (χ0n) is 12.9. The van der Waals surface area contributed by atoms with Crippen LogP contribution in [0, 0.1) is 23.7 Å². The van der Waals surface area contributed by atoms with Crippen LogP contribution < -0.4 is 5.32 Å². The molecule has 2 bridgehead atoms. The van der Waals surface area contributed by atoms with Crippen molar-refractivity contribution in [2.75, 3.05) is 0 Å². The lowest BCUT2D eigenvalue weighted by atomic mass is 9.79. The van der Waals surface area contributed by atoms with Crippen molar-refractivity contribution in [1.82, 2.24) is 5.32 Å². The molecule has 1 nitrogen and oxygen atoms in total. The van der Waals surface area contributed by atoms with Crippen LogP contribution in [0.15, 0.2) is 24.3 Å². The largest absolute Gasteiger partial charge is 0.310 e. The number of hydrogen-bond donors (Lipinski definition) is 1. The molecule has 4 aliphatic carbocycles. The van der Waals surface area contributed by atoms with E-state index in [-0.39, 0.29) is 0 Å². The molecule has 0 saturated heterocycles. The Morgan fingerprint density at radius 2 is 1.76 bits per heavy atom. The second-order valence-electron chi connectivity index (χ2n) is 8.11. The van der Waals surface area contributed by atoms with Gasteiger partial charge in [0.25, 0.3) is 0 Å². The Labute approximate surface area is 128 Å². The molecular weight excluding hydrogens is 254 g/mol. The third-order valence-corrected chi connectivity index (χ3v) is 7.06. The van der Waals surface area contributed by atoms with Gasteiger partial charge in [-0.05, 0) is 79.2 Å². The third-order valence-electron chi connectivity index (χ3n) is 7.06. The summed E-state index contributed by atoms with van der Waals surface area (Å²) in [6, 6.07) is 9.98. The molecule has 0 aliphatic heterocycles. The van der Waals surface area contributed by atoms with Crippen molar-refractivity contribution in [3.8, 4) is 0 Å². The zero-order valence-corrected chi connectivity index (χ0v) is 12.9. The molecule has 0 amide bonds. The molecule has 5 atom stereocenters. The molecule has 0 heterocycles. The molecule has 0 radical (unpaired) electrons. The summed E-state index contributed by atoms with van der Waals surface area (Å²) < 4.78 is 0. The van der Waals surface area contributed by atoms with Crippen LogP contribution in [0.2, 0.25) is 0 Å². The fourth-order valence-electron chi connectivity index (χ4n) is 6.03. The summed E-state index contributed by atoms with van der Waals surface area (Å²) in [7, 11) is 0. The summed E-state index contributed by atoms with van der Waals surface area (Å²) >= 11 is 0. The first-order valence-corrected chi connectivity index (χ1v) is 9.21. The number of fused-ring (bicyclic) bond motifs is 5. The predicted octanol–water partition coefficient (Wildman–Crippen LogP) is 4.48. The minimum absolute atomic E-state index is 0.821. The highest BCUT2D eigenvalue weighted by molar-refractivity contribution is 5.33. The predicted molar refractivity (Wildman–Crippen MR) is 86.1 cm³/mol. The highest BCUT2D eigenvalue weighted by atomic mass is 14.9. The van der Waals surface area contributed by atoms with E-state index in [4.69, 9.17) is 0 Å². The van der Waals surface area contributed by atoms with Crippen molar-refractivity contribution < 1.29 is 0 Å². The maximum Gasteiger partial charge on any atom is 0.0211 e. The van der Waals surface area contributed by atoms with Gasteiger partial charge in [-0.1, -0.05) is 30.7 Å². The van der Waals surface area contributed by atoms with Crippen molar-refractivity contribution in [1.29, 1.82) is 0 Å². The summed E-state index contributed by atoms with van der Waals surface area (Å²) in [5.74, 6) is 5.16. The molecule has 4 saturated carbocycles. The maximum atomic E-state index is 3.96. The minimum atomic E-state index is 0.821. The number of nitrogens with one attached hydrogen (secondary N) is 1. The normalized spacial score (nSPS) is 40.7. The average molecular weight is 281 g/mol. The lowest BCUT2D eigenvalue weighted by Gasteiger charge is -2.32. The van der Waals surface area contributed by atoms with Crippen molar-refractivity contribution in [3.63, 3.8) is 0 Å². The van der Waals surface area contributed by atoms with Crippen LogP contribution in [0.4, 0.5) is 0 Å². The van der Waals surface area contributed by atoms with Gasteiger partial charge in [0.2, 0.25) is 0 Å². The molecule has 1 aromatic carbocycles. The lowest BCUT2D eigenvalue weighted by Crippen LogP contribution is -2.39.